The highest BCUT2D eigenvalue weighted by Gasteiger charge is 2.33. The van der Waals surface area contributed by atoms with Gasteiger partial charge in [0.15, 0.2) is 0 Å². The fourth-order valence-electron chi connectivity index (χ4n) is 2.70. The minimum atomic E-state index is -4.21. The molecule has 0 spiro atoms. The summed E-state index contributed by atoms with van der Waals surface area (Å²) < 4.78 is 16.8. The normalized spacial score (nSPS) is 16.9. The average molecular weight is 480 g/mol. The Hall–Kier alpha value is -2.01. The summed E-state index contributed by atoms with van der Waals surface area (Å²) >= 11 is 0. The molecule has 0 saturated carbocycles. The van der Waals surface area contributed by atoms with Gasteiger partial charge in [0.2, 0.25) is 17.7 Å². The molecule has 0 aliphatic heterocycles. The molecule has 3 amide bonds. The van der Waals surface area contributed by atoms with Gasteiger partial charge < -0.3 is 26.0 Å². The first kappa shape index (κ1) is 30.0. The lowest BCUT2D eigenvalue weighted by atomic mass is 9.99. The van der Waals surface area contributed by atoms with E-state index in [0.29, 0.717) is 6.42 Å². The van der Waals surface area contributed by atoms with Crippen LogP contribution in [0, 0.1) is 11.8 Å². The van der Waals surface area contributed by atoms with Gasteiger partial charge in [0.25, 0.3) is 0 Å². The third kappa shape index (κ3) is 11.6. The maximum atomic E-state index is 12.6. The van der Waals surface area contributed by atoms with Crippen LogP contribution in [-0.4, -0.2) is 65.0 Å². The monoisotopic (exact) mass is 480 g/mol. The van der Waals surface area contributed by atoms with Gasteiger partial charge in [-0.05, 0) is 32.1 Å². The molecule has 32 heavy (non-hydrogen) atoms. The highest BCUT2D eigenvalue weighted by molar-refractivity contribution is 7.50. The van der Waals surface area contributed by atoms with E-state index in [-0.39, 0.29) is 24.9 Å². The first-order chi connectivity index (χ1) is 14.7. The minimum absolute atomic E-state index is 0.0313. The van der Waals surface area contributed by atoms with Crippen molar-refractivity contribution < 1.29 is 38.3 Å². The van der Waals surface area contributed by atoms with Crippen molar-refractivity contribution in [2.75, 3.05) is 13.2 Å². The minimum Gasteiger partial charge on any atom is -0.480 e. The van der Waals surface area contributed by atoms with Gasteiger partial charge >= 0.3 is 13.7 Å². The van der Waals surface area contributed by atoms with Crippen molar-refractivity contribution in [1.82, 2.24) is 21.0 Å². The quantitative estimate of drug-likeness (QED) is 0.180. The Labute approximate surface area is 188 Å². The molecular weight excluding hydrogens is 443 g/mol. The van der Waals surface area contributed by atoms with Gasteiger partial charge in [-0.1, -0.05) is 34.1 Å². The molecular formula is C19H37N4O8P. The van der Waals surface area contributed by atoms with Crippen LogP contribution >= 0.6 is 7.75 Å². The predicted octanol–water partition coefficient (Wildman–Crippen LogP) is 0.364. The number of amides is 3. The Morgan fingerprint density at radius 2 is 1.59 bits per heavy atom. The molecule has 0 aromatic rings. The first-order valence-corrected chi connectivity index (χ1v) is 12.2. The van der Waals surface area contributed by atoms with E-state index in [0.717, 1.165) is 0 Å². The maximum absolute atomic E-state index is 12.6. The lowest BCUT2D eigenvalue weighted by Gasteiger charge is -2.26. The standard InChI is InChI=1S/C19H37N4O8P/c1-7-12(5)16(23-32(29,30)31-8-2)18(26)21-13(6)17(25)20-10-15(24)22-14(19(27)28)9-11(3)4/h11-14,16H,7-10H2,1-6H3,(H,20,25)(H,21,26)(H,22,24)(H,27,28)(H2,23,29,30)/t12-,13-,14-,16-/m0/s1. The third-order valence-electron chi connectivity index (χ3n) is 4.62. The van der Waals surface area contributed by atoms with Gasteiger partial charge in [-0.3, -0.25) is 18.9 Å². The van der Waals surface area contributed by atoms with Crippen LogP contribution in [0.3, 0.4) is 0 Å². The Bertz CT molecular complexity index is 703. The van der Waals surface area contributed by atoms with Crippen molar-refractivity contribution in [2.24, 2.45) is 11.8 Å². The molecule has 0 radical (unpaired) electrons. The maximum Gasteiger partial charge on any atom is 0.403 e. The zero-order valence-corrected chi connectivity index (χ0v) is 20.4. The van der Waals surface area contributed by atoms with Gasteiger partial charge in [0, 0.05) is 0 Å². The number of carbonyl (C=O) groups excluding carboxylic acids is 3. The zero-order valence-electron chi connectivity index (χ0n) is 19.5. The van der Waals surface area contributed by atoms with Crippen LogP contribution in [0.2, 0.25) is 0 Å². The molecule has 12 nitrogen and oxygen atoms in total. The van der Waals surface area contributed by atoms with Gasteiger partial charge in [0.05, 0.1) is 19.2 Å². The molecule has 0 rings (SSSR count). The van der Waals surface area contributed by atoms with Crippen molar-refractivity contribution in [1.29, 1.82) is 0 Å². The number of aliphatic carboxylic acids is 1. The lowest BCUT2D eigenvalue weighted by molar-refractivity contribution is -0.142. The zero-order chi connectivity index (χ0) is 25.1. The average Bonchev–Trinajstić information content (AvgIpc) is 2.68. The van der Waals surface area contributed by atoms with E-state index in [1.54, 1.807) is 13.8 Å². The Kier molecular flexibility index (Phi) is 13.3. The van der Waals surface area contributed by atoms with Gasteiger partial charge in [-0.25, -0.2) is 14.4 Å². The van der Waals surface area contributed by atoms with Crippen molar-refractivity contribution >= 4 is 31.4 Å². The van der Waals surface area contributed by atoms with Crippen LogP contribution in [0.15, 0.2) is 0 Å². The fraction of sp³-hybridized carbons (Fsp3) is 0.789. The molecule has 1 unspecified atom stereocenters. The highest BCUT2D eigenvalue weighted by atomic mass is 31.2. The number of carboxylic acid groups (broad SMARTS) is 1. The fourth-order valence-corrected chi connectivity index (χ4v) is 3.84. The molecule has 0 fully saturated rings. The van der Waals surface area contributed by atoms with E-state index in [2.05, 4.69) is 21.0 Å². The molecule has 0 aromatic heterocycles. The van der Waals surface area contributed by atoms with Gasteiger partial charge in [0.1, 0.15) is 12.1 Å². The third-order valence-corrected chi connectivity index (χ3v) is 5.83. The van der Waals surface area contributed by atoms with E-state index in [1.165, 1.54) is 13.8 Å². The van der Waals surface area contributed by atoms with E-state index < -0.39 is 56.1 Å². The van der Waals surface area contributed by atoms with Crippen LogP contribution < -0.4 is 21.0 Å². The summed E-state index contributed by atoms with van der Waals surface area (Å²) in [5.74, 6) is -3.50. The second-order valence-electron chi connectivity index (χ2n) is 7.97. The van der Waals surface area contributed by atoms with Crippen LogP contribution in [0.25, 0.3) is 0 Å². The summed E-state index contributed by atoms with van der Waals surface area (Å²) in [6.07, 6.45) is 0.751. The van der Waals surface area contributed by atoms with E-state index in [1.807, 2.05) is 13.8 Å². The molecule has 5 atom stereocenters. The number of rotatable bonds is 15. The number of nitrogens with one attached hydrogen (secondary N) is 4. The van der Waals surface area contributed by atoms with Crippen molar-refractivity contribution in [2.45, 2.75) is 72.5 Å². The van der Waals surface area contributed by atoms with E-state index in [9.17, 15) is 28.6 Å². The molecule has 186 valence electrons. The van der Waals surface area contributed by atoms with Crippen LogP contribution in [0.5, 0.6) is 0 Å². The molecule has 13 heteroatoms. The van der Waals surface area contributed by atoms with Crippen molar-refractivity contribution in [3.8, 4) is 0 Å². The summed E-state index contributed by atoms with van der Waals surface area (Å²) in [5.41, 5.74) is 0. The largest absolute Gasteiger partial charge is 0.480 e. The molecule has 6 N–H and O–H groups in total. The van der Waals surface area contributed by atoms with E-state index >= 15 is 0 Å². The van der Waals surface area contributed by atoms with Crippen molar-refractivity contribution in [3.63, 3.8) is 0 Å². The molecule has 0 saturated heterocycles. The number of carbonyl (C=O) groups is 4. The number of carboxylic acids is 1. The highest BCUT2D eigenvalue weighted by Crippen LogP contribution is 2.38. The Morgan fingerprint density at radius 3 is 2.06 bits per heavy atom. The summed E-state index contributed by atoms with van der Waals surface area (Å²) in [4.78, 5) is 57.9. The topological polar surface area (TPSA) is 183 Å². The van der Waals surface area contributed by atoms with E-state index in [4.69, 9.17) is 9.63 Å². The molecule has 0 aromatic carbocycles. The SMILES string of the molecule is CCOP(=O)(O)N[C@H](C(=O)N[C@@H](C)C(=O)NCC(=O)N[C@@H](CC(C)C)C(=O)O)[C@@H](C)CC. The number of hydrogen-bond donors (Lipinski definition) is 6. The predicted molar refractivity (Wildman–Crippen MR) is 117 cm³/mol. The Morgan fingerprint density at radius 1 is 1.00 bits per heavy atom. The summed E-state index contributed by atoms with van der Waals surface area (Å²) in [6, 6.07) is -3.22. The summed E-state index contributed by atoms with van der Waals surface area (Å²) in [7, 11) is -4.21. The Balaban J connectivity index is 4.89. The molecule has 0 aliphatic rings. The van der Waals surface area contributed by atoms with Crippen molar-refractivity contribution in [3.05, 3.63) is 0 Å². The number of hydrogen-bond acceptors (Lipinski definition) is 6. The van der Waals surface area contributed by atoms with Gasteiger partial charge in [-0.2, -0.15) is 0 Å². The summed E-state index contributed by atoms with van der Waals surface area (Å²) in [5, 5.41) is 18.6. The van der Waals surface area contributed by atoms with Gasteiger partial charge in [-0.15, -0.1) is 0 Å². The second kappa shape index (κ2) is 14.2. The molecule has 0 bridgehead atoms. The smallest absolute Gasteiger partial charge is 0.403 e. The van der Waals surface area contributed by atoms with Crippen LogP contribution in [-0.2, 0) is 28.3 Å². The second-order valence-corrected chi connectivity index (χ2v) is 9.52. The summed E-state index contributed by atoms with van der Waals surface area (Å²) in [6.45, 7) is 9.56. The lowest BCUT2D eigenvalue weighted by Crippen LogP contribution is -2.54. The van der Waals surface area contributed by atoms with Crippen LogP contribution in [0.1, 0.15) is 54.4 Å². The van der Waals surface area contributed by atoms with Crippen LogP contribution in [0.4, 0.5) is 0 Å². The molecule has 0 heterocycles. The first-order valence-electron chi connectivity index (χ1n) is 10.6. The molecule has 0 aliphatic carbocycles.